The molecule has 2 unspecified atom stereocenters. The lowest BCUT2D eigenvalue weighted by atomic mass is 9.86. The predicted octanol–water partition coefficient (Wildman–Crippen LogP) is 3.75. The van der Waals surface area contributed by atoms with E-state index >= 15 is 0 Å². The van der Waals surface area contributed by atoms with Gasteiger partial charge in [-0.15, -0.1) is 10.2 Å². The van der Waals surface area contributed by atoms with Gasteiger partial charge in [-0.2, -0.15) is 0 Å². The van der Waals surface area contributed by atoms with E-state index in [4.69, 9.17) is 0 Å². The number of nitrogens with zero attached hydrogens (tertiary/aromatic N) is 4. The van der Waals surface area contributed by atoms with Gasteiger partial charge in [-0.25, -0.2) is 0 Å². The number of aryl methyl sites for hydroxylation is 2. The van der Waals surface area contributed by atoms with Crippen molar-refractivity contribution in [2.45, 2.75) is 44.9 Å². The fraction of sp³-hybridized carbons (Fsp3) is 0.450. The maximum absolute atomic E-state index is 4.45. The molecule has 4 heteroatoms. The first kappa shape index (κ1) is 13.1. The molecule has 0 aromatic carbocycles. The molecule has 120 valence electrons. The van der Waals surface area contributed by atoms with Gasteiger partial charge in [0.1, 0.15) is 11.6 Å². The third-order valence-corrected chi connectivity index (χ3v) is 6.13. The van der Waals surface area contributed by atoms with E-state index < -0.39 is 0 Å². The first-order valence-electron chi connectivity index (χ1n) is 9.11. The van der Waals surface area contributed by atoms with Crippen molar-refractivity contribution in [1.82, 2.24) is 19.7 Å². The summed E-state index contributed by atoms with van der Waals surface area (Å²) in [5.74, 6) is 4.28. The van der Waals surface area contributed by atoms with Crippen LogP contribution in [0.25, 0.3) is 11.3 Å². The molecule has 4 nitrogen and oxygen atoms in total. The Labute approximate surface area is 141 Å². The Bertz CT molecular complexity index is 929. The molecule has 2 atom stereocenters. The molecular weight excluding hydrogens is 296 g/mol. The number of aromatic nitrogens is 4. The van der Waals surface area contributed by atoms with Gasteiger partial charge in [-0.3, -0.25) is 9.55 Å². The van der Waals surface area contributed by atoms with Crippen LogP contribution < -0.4 is 0 Å². The molecule has 0 spiro atoms. The first-order chi connectivity index (χ1) is 11.8. The average Bonchev–Trinajstić information content (AvgIpc) is 3.52. The molecule has 0 N–H and O–H groups in total. The molecule has 1 aliphatic heterocycles. The fourth-order valence-corrected chi connectivity index (χ4v) is 4.76. The topological polar surface area (TPSA) is 43.6 Å². The highest BCUT2D eigenvalue weighted by Crippen LogP contribution is 2.60. The monoisotopic (exact) mass is 316 g/mol. The van der Waals surface area contributed by atoms with E-state index in [9.17, 15) is 0 Å². The van der Waals surface area contributed by atoms with Crippen LogP contribution >= 0.6 is 0 Å². The SMILES string of the molecule is Cc1nnc2n1C1=C(C=C(c3cnccc3C3CC3)C3CC13)CC2. The number of pyridine rings is 1. The second kappa shape index (κ2) is 4.44. The van der Waals surface area contributed by atoms with Gasteiger partial charge in [0.05, 0.1) is 0 Å². The summed E-state index contributed by atoms with van der Waals surface area (Å²) in [4.78, 5) is 4.45. The molecular formula is C20H20N4. The molecule has 6 rings (SSSR count). The maximum atomic E-state index is 4.45. The lowest BCUT2D eigenvalue weighted by Crippen LogP contribution is -2.17. The van der Waals surface area contributed by atoms with E-state index in [2.05, 4.69) is 45.0 Å². The Balaban J connectivity index is 1.52. The van der Waals surface area contributed by atoms with Crippen LogP contribution in [0.4, 0.5) is 0 Å². The molecule has 2 fully saturated rings. The zero-order chi connectivity index (χ0) is 15.8. The first-order valence-corrected chi connectivity index (χ1v) is 9.11. The molecule has 0 radical (unpaired) electrons. The summed E-state index contributed by atoms with van der Waals surface area (Å²) < 4.78 is 2.34. The summed E-state index contributed by atoms with van der Waals surface area (Å²) >= 11 is 0. The summed E-state index contributed by atoms with van der Waals surface area (Å²) in [6.45, 7) is 2.08. The van der Waals surface area contributed by atoms with E-state index in [0.29, 0.717) is 11.8 Å². The Hall–Kier alpha value is -2.23. The molecule has 0 amide bonds. The quantitative estimate of drug-likeness (QED) is 0.847. The lowest BCUT2D eigenvalue weighted by Gasteiger charge is -2.26. The molecule has 3 aliphatic carbocycles. The van der Waals surface area contributed by atoms with Gasteiger partial charge in [0.15, 0.2) is 0 Å². The number of hydrogen-bond donors (Lipinski definition) is 0. The van der Waals surface area contributed by atoms with Crippen molar-refractivity contribution in [1.29, 1.82) is 0 Å². The van der Waals surface area contributed by atoms with Crippen LogP contribution in [0.1, 0.15) is 54.4 Å². The Kier molecular flexibility index (Phi) is 2.42. The highest BCUT2D eigenvalue weighted by molar-refractivity contribution is 5.83. The van der Waals surface area contributed by atoms with Crippen LogP contribution in [0.2, 0.25) is 0 Å². The van der Waals surface area contributed by atoms with Gasteiger partial charge in [0.2, 0.25) is 0 Å². The Morgan fingerprint density at radius 2 is 2.04 bits per heavy atom. The van der Waals surface area contributed by atoms with Gasteiger partial charge in [-0.05, 0) is 72.8 Å². The van der Waals surface area contributed by atoms with Gasteiger partial charge in [0.25, 0.3) is 0 Å². The van der Waals surface area contributed by atoms with Gasteiger partial charge < -0.3 is 0 Å². The van der Waals surface area contributed by atoms with Crippen LogP contribution in [-0.2, 0) is 6.42 Å². The van der Waals surface area contributed by atoms with Gasteiger partial charge in [0, 0.05) is 30.4 Å². The molecule has 0 bridgehead atoms. The summed E-state index contributed by atoms with van der Waals surface area (Å²) in [5, 5.41) is 8.68. The average molecular weight is 316 g/mol. The molecule has 24 heavy (non-hydrogen) atoms. The Morgan fingerprint density at radius 1 is 1.12 bits per heavy atom. The highest BCUT2D eigenvalue weighted by atomic mass is 15.3. The van der Waals surface area contributed by atoms with Crippen LogP contribution in [0.3, 0.4) is 0 Å². The molecule has 0 saturated heterocycles. The van der Waals surface area contributed by atoms with E-state index in [1.165, 1.54) is 41.7 Å². The summed E-state index contributed by atoms with van der Waals surface area (Å²) in [5.41, 5.74) is 7.49. The third kappa shape index (κ3) is 1.71. The number of rotatable bonds is 2. The smallest absolute Gasteiger partial charge is 0.137 e. The minimum absolute atomic E-state index is 0.654. The molecule has 4 aliphatic rings. The normalized spacial score (nSPS) is 27.3. The van der Waals surface area contributed by atoms with Crippen molar-refractivity contribution >= 4 is 11.3 Å². The number of fused-ring (bicyclic) bond motifs is 4. The van der Waals surface area contributed by atoms with Crippen LogP contribution in [0.15, 0.2) is 30.1 Å². The van der Waals surface area contributed by atoms with Gasteiger partial charge >= 0.3 is 0 Å². The summed E-state index contributed by atoms with van der Waals surface area (Å²) in [6.07, 6.45) is 12.6. The number of allylic oxidation sites excluding steroid dienone is 4. The number of hydrogen-bond acceptors (Lipinski definition) is 3. The second-order valence-electron chi connectivity index (χ2n) is 7.69. The standard InChI is InChI=1S/C20H20N4/c1-11-22-23-19-5-4-13-8-15(16-9-17(16)20(13)24(11)19)18-10-21-7-6-14(18)12-2-3-12/h6-8,10,12,16-17H,2-5,9H2,1H3. The van der Waals surface area contributed by atoms with Crippen LogP contribution in [0.5, 0.6) is 0 Å². The van der Waals surface area contributed by atoms with Crippen molar-refractivity contribution in [3.63, 3.8) is 0 Å². The molecule has 2 aromatic rings. The van der Waals surface area contributed by atoms with Crippen LogP contribution in [-0.4, -0.2) is 19.7 Å². The fourth-order valence-electron chi connectivity index (χ4n) is 4.76. The summed E-state index contributed by atoms with van der Waals surface area (Å²) in [6, 6.07) is 2.25. The van der Waals surface area contributed by atoms with Crippen molar-refractivity contribution in [3.05, 3.63) is 52.9 Å². The van der Waals surface area contributed by atoms with E-state index in [0.717, 1.165) is 30.4 Å². The zero-order valence-electron chi connectivity index (χ0n) is 13.9. The zero-order valence-corrected chi connectivity index (χ0v) is 13.9. The summed E-state index contributed by atoms with van der Waals surface area (Å²) in [7, 11) is 0. The lowest BCUT2D eigenvalue weighted by molar-refractivity contribution is 0.740. The van der Waals surface area contributed by atoms with E-state index in [1.807, 2.05) is 6.20 Å². The second-order valence-corrected chi connectivity index (χ2v) is 7.69. The van der Waals surface area contributed by atoms with Crippen molar-refractivity contribution in [2.24, 2.45) is 11.8 Å². The van der Waals surface area contributed by atoms with E-state index in [-0.39, 0.29) is 0 Å². The van der Waals surface area contributed by atoms with Crippen molar-refractivity contribution < 1.29 is 0 Å². The third-order valence-electron chi connectivity index (χ3n) is 6.13. The predicted molar refractivity (Wildman–Crippen MR) is 92.1 cm³/mol. The highest BCUT2D eigenvalue weighted by Gasteiger charge is 2.49. The molecule has 2 aromatic heterocycles. The minimum Gasteiger partial charge on any atom is -0.286 e. The molecule has 2 saturated carbocycles. The minimum atomic E-state index is 0.654. The Morgan fingerprint density at radius 3 is 2.92 bits per heavy atom. The molecule has 3 heterocycles. The van der Waals surface area contributed by atoms with Crippen molar-refractivity contribution in [3.8, 4) is 0 Å². The largest absolute Gasteiger partial charge is 0.286 e. The van der Waals surface area contributed by atoms with Crippen LogP contribution in [0, 0.1) is 18.8 Å². The van der Waals surface area contributed by atoms with Gasteiger partial charge in [-0.1, -0.05) is 6.08 Å². The maximum Gasteiger partial charge on any atom is 0.137 e. The van der Waals surface area contributed by atoms with Crippen molar-refractivity contribution in [2.75, 3.05) is 0 Å². The van der Waals surface area contributed by atoms with E-state index in [1.54, 1.807) is 5.57 Å².